The van der Waals surface area contributed by atoms with E-state index in [2.05, 4.69) is 32.3 Å². The van der Waals surface area contributed by atoms with Gasteiger partial charge in [-0.1, -0.05) is 13.8 Å². The number of unbranched alkanes of at least 4 members (excludes halogenated alkanes) is 1. The Kier molecular flexibility index (Phi) is 5.62. The molecular formula is C12H24N2OS. The molecule has 3 nitrogen and oxygen atoms in total. The number of nitrogens with zero attached hydrogens (tertiary/aromatic N) is 1. The second-order valence-corrected chi connectivity index (χ2v) is 5.78. The van der Waals surface area contributed by atoms with Gasteiger partial charge >= 0.3 is 0 Å². The second kappa shape index (κ2) is 6.50. The lowest BCUT2D eigenvalue weighted by Gasteiger charge is -2.20. The Bertz CT molecular complexity index is 233. The van der Waals surface area contributed by atoms with Crippen LogP contribution in [0.4, 0.5) is 0 Å². The van der Waals surface area contributed by atoms with Crippen LogP contribution in [0.5, 0.6) is 0 Å². The molecule has 0 aromatic heterocycles. The van der Waals surface area contributed by atoms with Gasteiger partial charge in [-0.25, -0.2) is 0 Å². The number of amides is 1. The minimum atomic E-state index is 0.0237. The van der Waals surface area contributed by atoms with Gasteiger partial charge in [0.15, 0.2) is 0 Å². The highest BCUT2D eigenvalue weighted by atomic mass is 32.2. The first-order chi connectivity index (χ1) is 7.57. The number of carbonyl (C=O) groups excluding carboxylic acids is 1. The fourth-order valence-corrected chi connectivity index (χ4v) is 2.59. The predicted molar refractivity (Wildman–Crippen MR) is 70.6 cm³/mol. The maximum absolute atomic E-state index is 12.1. The van der Waals surface area contributed by atoms with E-state index in [9.17, 15) is 4.79 Å². The summed E-state index contributed by atoms with van der Waals surface area (Å²) in [4.78, 5) is 14.1. The van der Waals surface area contributed by atoms with Crippen LogP contribution in [0.3, 0.4) is 0 Å². The predicted octanol–water partition coefficient (Wildman–Crippen LogP) is 1.93. The van der Waals surface area contributed by atoms with Crippen LogP contribution in [-0.4, -0.2) is 41.6 Å². The highest BCUT2D eigenvalue weighted by Crippen LogP contribution is 2.17. The third kappa shape index (κ3) is 3.39. The Balaban J connectivity index is 2.39. The van der Waals surface area contributed by atoms with Crippen molar-refractivity contribution in [3.05, 3.63) is 0 Å². The van der Waals surface area contributed by atoms with Crippen LogP contribution in [-0.2, 0) is 4.79 Å². The topological polar surface area (TPSA) is 32.3 Å². The first kappa shape index (κ1) is 13.8. The molecule has 0 aromatic carbocycles. The summed E-state index contributed by atoms with van der Waals surface area (Å²) < 4.78 is 0. The van der Waals surface area contributed by atoms with E-state index in [1.807, 2.05) is 16.7 Å². The maximum Gasteiger partial charge on any atom is 0.241 e. The van der Waals surface area contributed by atoms with Crippen molar-refractivity contribution in [3.63, 3.8) is 0 Å². The van der Waals surface area contributed by atoms with E-state index >= 15 is 0 Å². The molecule has 0 aliphatic carbocycles. The van der Waals surface area contributed by atoms with Gasteiger partial charge < -0.3 is 4.90 Å². The molecule has 4 heteroatoms. The van der Waals surface area contributed by atoms with Crippen LogP contribution in [0.25, 0.3) is 0 Å². The number of nitrogens with one attached hydrogen (secondary N) is 1. The van der Waals surface area contributed by atoms with E-state index < -0.39 is 0 Å². The highest BCUT2D eigenvalue weighted by molar-refractivity contribution is 7.98. The number of rotatable bonds is 6. The molecule has 0 aromatic rings. The summed E-state index contributed by atoms with van der Waals surface area (Å²) in [5.41, 5.74) is 0. The largest absolute Gasteiger partial charge is 0.326 e. The van der Waals surface area contributed by atoms with Crippen molar-refractivity contribution in [1.82, 2.24) is 10.2 Å². The van der Waals surface area contributed by atoms with Crippen LogP contribution in [0.1, 0.15) is 33.6 Å². The Morgan fingerprint density at radius 1 is 1.44 bits per heavy atom. The quantitative estimate of drug-likeness (QED) is 0.725. The van der Waals surface area contributed by atoms with Crippen molar-refractivity contribution in [2.75, 3.05) is 18.6 Å². The molecule has 0 radical (unpaired) electrons. The zero-order chi connectivity index (χ0) is 12.1. The molecule has 1 aliphatic heterocycles. The second-order valence-electron chi connectivity index (χ2n) is 4.80. The van der Waals surface area contributed by atoms with E-state index in [-0.39, 0.29) is 18.1 Å². The molecule has 1 aliphatic rings. The third-order valence-corrected chi connectivity index (χ3v) is 3.80. The molecular weight excluding hydrogens is 220 g/mol. The molecule has 1 saturated heterocycles. The monoisotopic (exact) mass is 244 g/mol. The Morgan fingerprint density at radius 3 is 2.62 bits per heavy atom. The summed E-state index contributed by atoms with van der Waals surface area (Å²) in [6, 6.07) is 0.0237. The fourth-order valence-electron chi connectivity index (χ4n) is 2.10. The first-order valence-electron chi connectivity index (χ1n) is 6.13. The van der Waals surface area contributed by atoms with Gasteiger partial charge in [0.2, 0.25) is 5.91 Å². The van der Waals surface area contributed by atoms with Gasteiger partial charge in [0.05, 0.1) is 12.2 Å². The van der Waals surface area contributed by atoms with Crippen molar-refractivity contribution in [2.45, 2.75) is 45.8 Å². The molecule has 1 fully saturated rings. The summed E-state index contributed by atoms with van der Waals surface area (Å²) >= 11 is 1.87. The van der Waals surface area contributed by atoms with Crippen LogP contribution < -0.4 is 5.32 Å². The van der Waals surface area contributed by atoms with Gasteiger partial charge in [0.25, 0.3) is 0 Å². The van der Waals surface area contributed by atoms with Crippen LogP contribution >= 0.6 is 11.8 Å². The van der Waals surface area contributed by atoms with E-state index in [1.54, 1.807) is 0 Å². The van der Waals surface area contributed by atoms with Gasteiger partial charge in [-0.15, -0.1) is 0 Å². The standard InChI is InChI=1S/C12H24N2OS/c1-9(2)11-12(15)14(10(3)13-11)7-5-6-8-16-4/h9-11,13H,5-8H2,1-4H3. The van der Waals surface area contributed by atoms with Crippen LogP contribution in [0.15, 0.2) is 0 Å². The molecule has 1 heterocycles. The normalized spacial score (nSPS) is 25.8. The average Bonchev–Trinajstić information content (AvgIpc) is 2.51. The van der Waals surface area contributed by atoms with E-state index in [1.165, 1.54) is 12.2 Å². The minimum Gasteiger partial charge on any atom is -0.326 e. The molecule has 2 atom stereocenters. The SMILES string of the molecule is CSCCCCN1C(=O)C(C(C)C)NC1C. The summed E-state index contributed by atoms with van der Waals surface area (Å²) in [5, 5.41) is 3.37. The first-order valence-corrected chi connectivity index (χ1v) is 7.52. The maximum atomic E-state index is 12.1. The smallest absolute Gasteiger partial charge is 0.241 e. The Labute approximate surface area is 103 Å². The molecule has 94 valence electrons. The molecule has 0 spiro atoms. The van der Waals surface area contributed by atoms with E-state index in [4.69, 9.17) is 0 Å². The third-order valence-electron chi connectivity index (χ3n) is 3.10. The van der Waals surface area contributed by atoms with Crippen LogP contribution in [0.2, 0.25) is 0 Å². The van der Waals surface area contributed by atoms with Gasteiger partial charge in [0.1, 0.15) is 0 Å². The molecule has 2 unspecified atom stereocenters. The lowest BCUT2D eigenvalue weighted by Crippen LogP contribution is -2.35. The number of hydrogen-bond donors (Lipinski definition) is 1. The lowest BCUT2D eigenvalue weighted by molar-refractivity contribution is -0.130. The van der Waals surface area contributed by atoms with Crippen molar-refractivity contribution in [1.29, 1.82) is 0 Å². The van der Waals surface area contributed by atoms with Gasteiger partial charge in [0, 0.05) is 6.54 Å². The molecule has 16 heavy (non-hydrogen) atoms. The van der Waals surface area contributed by atoms with Crippen molar-refractivity contribution < 1.29 is 4.79 Å². The average molecular weight is 244 g/mol. The van der Waals surface area contributed by atoms with Crippen molar-refractivity contribution in [2.24, 2.45) is 5.92 Å². The summed E-state index contributed by atoms with van der Waals surface area (Å²) in [6.07, 6.45) is 4.64. The Morgan fingerprint density at radius 2 is 2.12 bits per heavy atom. The van der Waals surface area contributed by atoms with E-state index in [0.717, 1.165) is 13.0 Å². The zero-order valence-electron chi connectivity index (χ0n) is 10.8. The number of carbonyl (C=O) groups is 1. The molecule has 1 amide bonds. The van der Waals surface area contributed by atoms with Gasteiger partial charge in [-0.05, 0) is 37.7 Å². The van der Waals surface area contributed by atoms with E-state index in [0.29, 0.717) is 5.92 Å². The van der Waals surface area contributed by atoms with Crippen LogP contribution in [0, 0.1) is 5.92 Å². The number of thioether (sulfide) groups is 1. The van der Waals surface area contributed by atoms with Gasteiger partial charge in [-0.3, -0.25) is 10.1 Å². The zero-order valence-corrected chi connectivity index (χ0v) is 11.6. The van der Waals surface area contributed by atoms with Gasteiger partial charge in [-0.2, -0.15) is 11.8 Å². The molecule has 0 saturated carbocycles. The molecule has 1 N–H and O–H groups in total. The Hall–Kier alpha value is -0.220. The highest BCUT2D eigenvalue weighted by Gasteiger charge is 2.37. The summed E-state index contributed by atoms with van der Waals surface area (Å²) in [7, 11) is 0. The van der Waals surface area contributed by atoms with Crippen molar-refractivity contribution >= 4 is 17.7 Å². The molecule has 0 bridgehead atoms. The summed E-state index contributed by atoms with van der Waals surface area (Å²) in [6.45, 7) is 7.17. The lowest BCUT2D eigenvalue weighted by atomic mass is 10.1. The minimum absolute atomic E-state index is 0.0237. The fraction of sp³-hybridized carbons (Fsp3) is 0.917. The number of hydrogen-bond acceptors (Lipinski definition) is 3. The summed E-state index contributed by atoms with van der Waals surface area (Å²) in [5.74, 6) is 1.86. The molecule has 1 rings (SSSR count). The van der Waals surface area contributed by atoms with Crippen molar-refractivity contribution in [3.8, 4) is 0 Å².